The summed E-state index contributed by atoms with van der Waals surface area (Å²) < 4.78 is 111. The van der Waals surface area contributed by atoms with E-state index in [1.54, 1.807) is 0 Å². The summed E-state index contributed by atoms with van der Waals surface area (Å²) in [6, 6.07) is 13.3. The lowest BCUT2D eigenvalue weighted by Gasteiger charge is -2.25. The number of hydrogen-bond donors (Lipinski definition) is 0. The number of benzene rings is 3. The van der Waals surface area contributed by atoms with E-state index < -0.39 is 42.1 Å². The number of halogens is 8. The van der Waals surface area contributed by atoms with E-state index in [4.69, 9.17) is 0 Å². The smallest absolute Gasteiger partial charge is 0.406 e. The van der Waals surface area contributed by atoms with Crippen molar-refractivity contribution in [3.63, 3.8) is 0 Å². The molecule has 1 aliphatic heterocycles. The number of ether oxygens (including phenoxy) is 2. The van der Waals surface area contributed by atoms with Crippen molar-refractivity contribution in [1.29, 1.82) is 0 Å². The van der Waals surface area contributed by atoms with Gasteiger partial charge in [0.05, 0.1) is 11.7 Å². The Morgan fingerprint density at radius 1 is 0.795 bits per heavy atom. The Morgan fingerprint density at radius 3 is 1.85 bits per heavy atom. The third kappa shape index (κ3) is 7.03. The van der Waals surface area contributed by atoms with Crippen LogP contribution in [0.4, 0.5) is 46.5 Å². The van der Waals surface area contributed by atoms with E-state index in [2.05, 4.69) is 14.5 Å². The van der Waals surface area contributed by atoms with Crippen LogP contribution in [0.3, 0.4) is 0 Å². The third-order valence-corrected chi connectivity index (χ3v) is 5.63. The molecule has 3 aromatic carbocycles. The van der Waals surface area contributed by atoms with E-state index in [-0.39, 0.29) is 29.1 Å². The first kappa shape index (κ1) is 27.9. The highest BCUT2D eigenvalue weighted by molar-refractivity contribution is 6.46. The average molecular weight is 558 g/mol. The van der Waals surface area contributed by atoms with Gasteiger partial charge in [0.15, 0.2) is 0 Å². The van der Waals surface area contributed by atoms with Crippen molar-refractivity contribution >= 4 is 23.0 Å². The third-order valence-electron chi connectivity index (χ3n) is 5.63. The maximum atomic E-state index is 14.0. The highest BCUT2D eigenvalue weighted by Crippen LogP contribution is 2.39. The number of carbonyl (C=O) groups is 1. The van der Waals surface area contributed by atoms with Gasteiger partial charge in [0, 0.05) is 24.6 Å². The van der Waals surface area contributed by atoms with E-state index in [0.29, 0.717) is 12.5 Å². The summed E-state index contributed by atoms with van der Waals surface area (Å²) in [4.78, 5) is 18.8. The molecule has 206 valence electrons. The molecule has 0 aliphatic carbocycles. The van der Waals surface area contributed by atoms with Gasteiger partial charge < -0.3 is 9.47 Å². The van der Waals surface area contributed by atoms with Crippen LogP contribution in [0, 0.1) is 0 Å². The van der Waals surface area contributed by atoms with Crippen LogP contribution < -0.4 is 14.4 Å². The van der Waals surface area contributed by atoms with Gasteiger partial charge in [-0.25, -0.2) is 13.8 Å². The minimum atomic E-state index is -4.93. The zero-order valence-corrected chi connectivity index (χ0v) is 19.9. The van der Waals surface area contributed by atoms with E-state index in [9.17, 15) is 39.9 Å². The van der Waals surface area contributed by atoms with Crippen LogP contribution in [0.15, 0.2) is 77.8 Å². The summed E-state index contributed by atoms with van der Waals surface area (Å²) in [7, 11) is 0. The van der Waals surface area contributed by atoms with Crippen LogP contribution >= 0.6 is 0 Å². The van der Waals surface area contributed by atoms with Gasteiger partial charge >= 0.3 is 12.7 Å². The topological polar surface area (TPSA) is 51.1 Å². The molecule has 0 N–H and O–H groups in total. The normalized spacial score (nSPS) is 17.6. The number of amides is 1. The van der Waals surface area contributed by atoms with Gasteiger partial charge in [-0.1, -0.05) is 18.2 Å². The maximum Gasteiger partial charge on any atom is 0.573 e. The summed E-state index contributed by atoms with van der Waals surface area (Å²) in [5.41, 5.74) is 0.224. The molecule has 0 aromatic heterocycles. The standard InChI is InChI=1S/C26H18F8N2O3/c1-24(27,28)16-4-2-3-15(13-16)22-14-21(35-17-5-9-19(10-6-17)38-25(29,30)31)23(37)36(22)18-7-11-20(12-8-18)39-26(32,33)34/h2-13,22H,14H2,1H3. The molecule has 0 radical (unpaired) electrons. The van der Waals surface area contributed by atoms with Crippen LogP contribution in [0.25, 0.3) is 0 Å². The van der Waals surface area contributed by atoms with Crippen LogP contribution in [0.5, 0.6) is 11.5 Å². The lowest BCUT2D eigenvalue weighted by molar-refractivity contribution is -0.275. The van der Waals surface area contributed by atoms with E-state index in [1.165, 1.54) is 53.4 Å². The number of aliphatic imine (C=N–C) groups is 1. The Hall–Kier alpha value is -4.16. The molecule has 1 unspecified atom stereocenters. The van der Waals surface area contributed by atoms with Crippen molar-refractivity contribution in [2.24, 2.45) is 4.99 Å². The van der Waals surface area contributed by atoms with Gasteiger partial charge in [0.1, 0.15) is 17.2 Å². The largest absolute Gasteiger partial charge is 0.573 e. The first-order valence-corrected chi connectivity index (χ1v) is 11.2. The first-order valence-electron chi connectivity index (χ1n) is 11.2. The monoisotopic (exact) mass is 558 g/mol. The Bertz CT molecular complexity index is 1360. The molecule has 1 atom stereocenters. The van der Waals surface area contributed by atoms with Gasteiger partial charge in [0.25, 0.3) is 11.8 Å². The Kier molecular flexibility index (Phi) is 7.28. The molecule has 0 saturated carbocycles. The van der Waals surface area contributed by atoms with Crippen LogP contribution in [0.2, 0.25) is 0 Å². The number of hydrogen-bond acceptors (Lipinski definition) is 4. The van der Waals surface area contributed by atoms with Gasteiger partial charge in [-0.2, -0.15) is 0 Å². The second kappa shape index (κ2) is 10.2. The minimum absolute atomic E-state index is 0.0474. The predicted molar refractivity (Wildman–Crippen MR) is 124 cm³/mol. The van der Waals surface area contributed by atoms with Crippen molar-refractivity contribution in [2.75, 3.05) is 4.90 Å². The van der Waals surface area contributed by atoms with Gasteiger partial charge in [-0.3, -0.25) is 9.69 Å². The number of nitrogens with zero attached hydrogens (tertiary/aromatic N) is 2. The molecule has 5 nitrogen and oxygen atoms in total. The van der Waals surface area contributed by atoms with E-state index in [1.807, 2.05) is 0 Å². The van der Waals surface area contributed by atoms with Gasteiger partial charge in [0.2, 0.25) is 0 Å². The van der Waals surface area contributed by atoms with Crippen LogP contribution in [0.1, 0.15) is 30.5 Å². The fourth-order valence-electron chi connectivity index (χ4n) is 4.01. The van der Waals surface area contributed by atoms with Crippen molar-refractivity contribution in [1.82, 2.24) is 0 Å². The Balaban J connectivity index is 1.70. The minimum Gasteiger partial charge on any atom is -0.406 e. The molecule has 39 heavy (non-hydrogen) atoms. The summed E-state index contributed by atoms with van der Waals surface area (Å²) in [6.07, 6.45) is -9.91. The van der Waals surface area contributed by atoms with Crippen LogP contribution in [-0.4, -0.2) is 24.3 Å². The fourth-order valence-corrected chi connectivity index (χ4v) is 4.01. The zero-order chi connectivity index (χ0) is 28.6. The SMILES string of the molecule is CC(F)(F)c1cccc(C2CC(=Nc3ccc(OC(F)(F)F)cc3)C(=O)N2c2ccc(OC(F)(F)F)cc2)c1. The number of rotatable bonds is 6. The van der Waals surface area contributed by atoms with Crippen LogP contribution in [-0.2, 0) is 10.7 Å². The summed E-state index contributed by atoms with van der Waals surface area (Å²) >= 11 is 0. The molecule has 13 heteroatoms. The molecule has 0 bridgehead atoms. The molecule has 4 rings (SSSR count). The summed E-state index contributed by atoms with van der Waals surface area (Å²) in [5, 5.41) is 0. The highest BCUT2D eigenvalue weighted by atomic mass is 19.4. The summed E-state index contributed by atoms with van der Waals surface area (Å²) in [5.74, 6) is -4.88. The zero-order valence-electron chi connectivity index (χ0n) is 19.9. The molecular weight excluding hydrogens is 540 g/mol. The molecule has 3 aromatic rings. The van der Waals surface area contributed by atoms with Crippen molar-refractivity contribution in [3.8, 4) is 11.5 Å². The molecular formula is C26H18F8N2O3. The lowest BCUT2D eigenvalue weighted by Crippen LogP contribution is -2.29. The summed E-state index contributed by atoms with van der Waals surface area (Å²) in [6.45, 7) is 0.710. The maximum absolute atomic E-state index is 14.0. The highest BCUT2D eigenvalue weighted by Gasteiger charge is 2.40. The number of carbonyl (C=O) groups excluding carboxylic acids is 1. The van der Waals surface area contributed by atoms with E-state index in [0.717, 1.165) is 24.3 Å². The predicted octanol–water partition coefficient (Wildman–Crippen LogP) is 7.85. The van der Waals surface area contributed by atoms with Gasteiger partial charge in [-0.05, 0) is 60.2 Å². The quantitative estimate of drug-likeness (QED) is 0.290. The Morgan fingerprint density at radius 2 is 1.33 bits per heavy atom. The second-order valence-electron chi connectivity index (χ2n) is 8.55. The fraction of sp³-hybridized carbons (Fsp3) is 0.231. The van der Waals surface area contributed by atoms with Crippen molar-refractivity contribution in [3.05, 3.63) is 83.9 Å². The molecule has 1 heterocycles. The molecule has 1 fully saturated rings. The second-order valence-corrected chi connectivity index (χ2v) is 8.55. The number of alkyl halides is 8. The molecule has 1 aliphatic rings. The van der Waals surface area contributed by atoms with Crippen molar-refractivity contribution in [2.45, 2.75) is 38.0 Å². The first-order chi connectivity index (χ1) is 18.1. The Labute approximate surface area is 216 Å². The molecule has 1 saturated heterocycles. The molecule has 1 amide bonds. The lowest BCUT2D eigenvalue weighted by atomic mass is 9.99. The van der Waals surface area contributed by atoms with Crippen molar-refractivity contribution < 1.29 is 49.4 Å². The van der Waals surface area contributed by atoms with E-state index >= 15 is 0 Å². The molecule has 0 spiro atoms. The van der Waals surface area contributed by atoms with Gasteiger partial charge in [-0.15, -0.1) is 26.3 Å². The average Bonchev–Trinajstić information content (AvgIpc) is 3.14. The number of anilines is 1.